The van der Waals surface area contributed by atoms with Crippen molar-refractivity contribution >= 4 is 14.4 Å². The molecule has 2 N–H and O–H groups in total. The summed E-state index contributed by atoms with van der Waals surface area (Å²) in [7, 11) is -2.56. The molecule has 0 aliphatic carbocycles. The second kappa shape index (κ2) is 3.50. The summed E-state index contributed by atoms with van der Waals surface area (Å²) in [5.74, 6) is 0. The average molecular weight is 122 g/mol. The maximum Gasteiger partial charge on any atom is 0.650 e. The number of carbonyl (C=O) groups excluding carboxylic acids is 1. The Balaban J connectivity index is 3.61. The predicted molar refractivity (Wildman–Crippen MR) is 18.9 cm³/mol. The molecule has 0 saturated carbocycles. The first-order valence-electron chi connectivity index (χ1n) is 1.23. The third-order valence-electron chi connectivity index (χ3n) is 0.249. The molecule has 0 rings (SSSR count). The van der Waals surface area contributed by atoms with Gasteiger partial charge < -0.3 is 9.15 Å². The van der Waals surface area contributed by atoms with Crippen LogP contribution >= 0.6 is 0 Å². The average Bonchev–Trinajstić information content (AvgIpc) is 1.72. The van der Waals surface area contributed by atoms with Crippen molar-refractivity contribution in [3.63, 3.8) is 0 Å². The highest BCUT2D eigenvalue weighted by atomic mass is 28.3. The SMILES string of the molecule is O=C=[Si](OO)OO. The fourth-order valence-corrected chi connectivity index (χ4v) is 0.162. The molecule has 0 amide bonds. The van der Waals surface area contributed by atoms with Crippen molar-refractivity contribution in [3.8, 4) is 0 Å². The molecule has 0 radical (unpaired) electrons. The normalized spacial score (nSPS) is 6.57. The van der Waals surface area contributed by atoms with E-state index in [4.69, 9.17) is 10.5 Å². The standard InChI is InChI=1S/CH2O5Si/c2-1-7(5-3)6-4/h3-4H. The van der Waals surface area contributed by atoms with Gasteiger partial charge in [0, 0.05) is 0 Å². The molecule has 0 saturated heterocycles. The van der Waals surface area contributed by atoms with Crippen molar-refractivity contribution in [3.05, 3.63) is 0 Å². The fraction of sp³-hybridized carbons (Fsp3) is 0. The summed E-state index contributed by atoms with van der Waals surface area (Å²) < 4.78 is 6.51. The Labute approximate surface area is 40.0 Å². The highest BCUT2D eigenvalue weighted by molar-refractivity contribution is 6.49. The largest absolute Gasteiger partial charge is 0.650 e. The Hall–Kier alpha value is -0.683. The molecule has 0 heterocycles. The maximum atomic E-state index is 9.32. The van der Waals surface area contributed by atoms with Crippen LogP contribution in [0, 0.1) is 0 Å². The molecular formula is CH2O5Si. The van der Waals surface area contributed by atoms with Gasteiger partial charge in [-0.1, -0.05) is 0 Å². The van der Waals surface area contributed by atoms with Gasteiger partial charge >= 0.3 is 8.90 Å². The number of rotatable bonds is 2. The van der Waals surface area contributed by atoms with E-state index in [2.05, 4.69) is 9.15 Å². The predicted octanol–water partition coefficient (Wildman–Crippen LogP) is -0.897. The Morgan fingerprint density at radius 1 is 1.43 bits per heavy atom. The summed E-state index contributed by atoms with van der Waals surface area (Å²) >= 11 is 0. The van der Waals surface area contributed by atoms with Crippen LogP contribution in [-0.4, -0.2) is 24.9 Å². The van der Waals surface area contributed by atoms with Crippen LogP contribution in [0.4, 0.5) is 0 Å². The van der Waals surface area contributed by atoms with E-state index in [-0.39, 0.29) is 0 Å². The Kier molecular flexibility index (Phi) is 3.16. The monoisotopic (exact) mass is 122 g/mol. The lowest BCUT2D eigenvalue weighted by atomic mass is 11.9. The molecule has 0 spiro atoms. The molecule has 0 unspecified atom stereocenters. The van der Waals surface area contributed by atoms with Crippen LogP contribution < -0.4 is 0 Å². The molecule has 0 aliphatic rings. The molecule has 40 valence electrons. The third kappa shape index (κ3) is 2.07. The van der Waals surface area contributed by atoms with Gasteiger partial charge in [0.15, 0.2) is 5.54 Å². The van der Waals surface area contributed by atoms with Crippen LogP contribution in [0.15, 0.2) is 0 Å². The molecule has 0 atom stereocenters. The Morgan fingerprint density at radius 3 is 1.86 bits per heavy atom. The van der Waals surface area contributed by atoms with Crippen molar-refractivity contribution in [2.45, 2.75) is 0 Å². The van der Waals surface area contributed by atoms with Crippen molar-refractivity contribution in [2.75, 3.05) is 0 Å². The highest BCUT2D eigenvalue weighted by Gasteiger charge is 2.01. The van der Waals surface area contributed by atoms with Crippen molar-refractivity contribution in [1.82, 2.24) is 0 Å². The lowest BCUT2D eigenvalue weighted by Gasteiger charge is -1.86. The number of hydrogen-bond donors (Lipinski definition) is 2. The highest BCUT2D eigenvalue weighted by Crippen LogP contribution is 1.63. The van der Waals surface area contributed by atoms with Crippen molar-refractivity contribution < 1.29 is 24.5 Å². The quantitative estimate of drug-likeness (QED) is 0.282. The summed E-state index contributed by atoms with van der Waals surface area (Å²) in [5, 5.41) is 15.0. The zero-order chi connectivity index (χ0) is 5.70. The molecule has 0 fully saturated rings. The van der Waals surface area contributed by atoms with E-state index in [1.165, 1.54) is 0 Å². The van der Waals surface area contributed by atoms with E-state index in [0.29, 0.717) is 0 Å². The smallest absolute Gasteiger partial charge is 0.351 e. The molecule has 0 aromatic carbocycles. The van der Waals surface area contributed by atoms with Gasteiger partial charge in [-0.05, 0) is 0 Å². The van der Waals surface area contributed by atoms with E-state index >= 15 is 0 Å². The van der Waals surface area contributed by atoms with E-state index in [1.54, 1.807) is 0 Å². The Morgan fingerprint density at radius 2 is 1.86 bits per heavy atom. The maximum absolute atomic E-state index is 9.32. The minimum absolute atomic E-state index is 1.11. The first-order chi connectivity index (χ1) is 3.35. The summed E-state index contributed by atoms with van der Waals surface area (Å²) in [6.45, 7) is 0. The van der Waals surface area contributed by atoms with Gasteiger partial charge in [0.25, 0.3) is 0 Å². The van der Waals surface area contributed by atoms with Crippen molar-refractivity contribution in [1.29, 1.82) is 0 Å². The van der Waals surface area contributed by atoms with Crippen LogP contribution in [0.25, 0.3) is 0 Å². The van der Waals surface area contributed by atoms with Crippen molar-refractivity contribution in [2.24, 2.45) is 0 Å². The molecule has 0 bridgehead atoms. The second-order valence-corrected chi connectivity index (χ2v) is 1.72. The molecule has 0 aromatic rings. The molecule has 0 aromatic heterocycles. The zero-order valence-corrected chi connectivity index (χ0v) is 4.12. The fourth-order valence-electron chi connectivity index (χ4n) is 0.0539. The van der Waals surface area contributed by atoms with Crippen LogP contribution in [0.1, 0.15) is 0 Å². The van der Waals surface area contributed by atoms with Crippen LogP contribution in [0.2, 0.25) is 0 Å². The van der Waals surface area contributed by atoms with Gasteiger partial charge in [0.1, 0.15) is 0 Å². The van der Waals surface area contributed by atoms with Gasteiger partial charge in [-0.3, -0.25) is 0 Å². The lowest BCUT2D eigenvalue weighted by Crippen LogP contribution is -2.08. The minimum atomic E-state index is -2.56. The van der Waals surface area contributed by atoms with Gasteiger partial charge in [-0.2, -0.15) is 0 Å². The topological polar surface area (TPSA) is 76.0 Å². The van der Waals surface area contributed by atoms with Gasteiger partial charge in [0.2, 0.25) is 0 Å². The van der Waals surface area contributed by atoms with Gasteiger partial charge in [0.05, 0.1) is 0 Å². The molecule has 6 heteroatoms. The van der Waals surface area contributed by atoms with Gasteiger partial charge in [-0.15, -0.1) is 0 Å². The Bertz CT molecular complexity index is 86.3. The minimum Gasteiger partial charge on any atom is -0.351 e. The van der Waals surface area contributed by atoms with Crippen LogP contribution in [0.5, 0.6) is 0 Å². The van der Waals surface area contributed by atoms with Gasteiger partial charge in [-0.25, -0.2) is 15.3 Å². The zero-order valence-electron chi connectivity index (χ0n) is 3.12. The summed E-state index contributed by atoms with van der Waals surface area (Å²) in [6, 6.07) is 0. The lowest BCUT2D eigenvalue weighted by molar-refractivity contribution is -0.217. The van der Waals surface area contributed by atoms with E-state index in [9.17, 15) is 4.79 Å². The first-order valence-corrected chi connectivity index (χ1v) is 2.54. The van der Waals surface area contributed by atoms with E-state index in [0.717, 1.165) is 5.54 Å². The molecule has 5 nitrogen and oxygen atoms in total. The number of hydrogen-bond acceptors (Lipinski definition) is 5. The summed E-state index contributed by atoms with van der Waals surface area (Å²) in [6.07, 6.45) is 0. The summed E-state index contributed by atoms with van der Waals surface area (Å²) in [4.78, 5) is 9.32. The van der Waals surface area contributed by atoms with Crippen LogP contribution in [0.3, 0.4) is 0 Å². The molecular weight excluding hydrogens is 120 g/mol. The second-order valence-electron chi connectivity index (χ2n) is 0.572. The molecule has 7 heavy (non-hydrogen) atoms. The molecule has 0 aliphatic heterocycles. The van der Waals surface area contributed by atoms with Crippen LogP contribution in [-0.2, 0) is 13.9 Å². The van der Waals surface area contributed by atoms with E-state index < -0.39 is 8.90 Å². The first kappa shape index (κ1) is 6.32. The third-order valence-corrected chi connectivity index (χ3v) is 0.747. The summed E-state index contributed by atoms with van der Waals surface area (Å²) in [5.41, 5.74) is 1.11. The van der Waals surface area contributed by atoms with E-state index in [1.807, 2.05) is 0 Å².